The summed E-state index contributed by atoms with van der Waals surface area (Å²) in [6.45, 7) is 3.56. The van der Waals surface area contributed by atoms with Gasteiger partial charge in [-0.1, -0.05) is 30.3 Å². The lowest BCUT2D eigenvalue weighted by Gasteiger charge is -2.10. The van der Waals surface area contributed by atoms with Crippen molar-refractivity contribution < 1.29 is 14.3 Å². The van der Waals surface area contributed by atoms with Crippen LogP contribution in [0.1, 0.15) is 26.4 Å². The minimum Gasteiger partial charge on any atom is -0.457 e. The monoisotopic (exact) mass is 573 g/mol. The lowest BCUT2D eigenvalue weighted by Crippen LogP contribution is -2.28. The van der Waals surface area contributed by atoms with Crippen molar-refractivity contribution in [2.45, 2.75) is 27.0 Å². The molecule has 0 fully saturated rings. The third kappa shape index (κ3) is 5.14. The Bertz CT molecular complexity index is 1410. The maximum atomic E-state index is 13.1. The molecular weight excluding hydrogens is 553 g/mol. The quantitative estimate of drug-likeness (QED) is 0.268. The van der Waals surface area contributed by atoms with Crippen molar-refractivity contribution in [1.29, 1.82) is 0 Å². The Labute approximate surface area is 207 Å². The molecule has 0 bridgehead atoms. The molecular formula is C24H20IN3O4S. The van der Waals surface area contributed by atoms with Crippen LogP contribution in [0.15, 0.2) is 59.7 Å². The van der Waals surface area contributed by atoms with E-state index in [9.17, 15) is 14.4 Å². The molecule has 0 saturated carbocycles. The Morgan fingerprint density at radius 1 is 1.15 bits per heavy atom. The van der Waals surface area contributed by atoms with Crippen LogP contribution in [0.25, 0.3) is 10.2 Å². The Morgan fingerprint density at radius 3 is 2.64 bits per heavy atom. The van der Waals surface area contributed by atoms with Gasteiger partial charge in [-0.3, -0.25) is 14.2 Å². The smallest absolute Gasteiger partial charge is 0.349 e. The van der Waals surface area contributed by atoms with Crippen LogP contribution in [0.5, 0.6) is 0 Å². The number of halogens is 1. The van der Waals surface area contributed by atoms with E-state index in [0.29, 0.717) is 26.3 Å². The summed E-state index contributed by atoms with van der Waals surface area (Å²) >= 11 is 3.32. The summed E-state index contributed by atoms with van der Waals surface area (Å²) in [5, 5.41) is 3.16. The molecule has 1 N–H and O–H groups in total. The summed E-state index contributed by atoms with van der Waals surface area (Å²) < 4.78 is 7.73. The van der Waals surface area contributed by atoms with Crippen molar-refractivity contribution in [1.82, 2.24) is 9.55 Å². The number of carbonyl (C=O) groups excluding carboxylic acids is 2. The molecule has 4 aromatic rings. The first-order chi connectivity index (χ1) is 15.8. The summed E-state index contributed by atoms with van der Waals surface area (Å²) in [6, 6.07) is 15.1. The Morgan fingerprint density at radius 2 is 1.91 bits per heavy atom. The van der Waals surface area contributed by atoms with E-state index in [-0.39, 0.29) is 24.6 Å². The molecule has 2 aromatic carbocycles. The second-order valence-electron chi connectivity index (χ2n) is 7.48. The molecule has 0 atom stereocenters. The van der Waals surface area contributed by atoms with Gasteiger partial charge < -0.3 is 10.1 Å². The number of fused-ring (bicyclic) bond motifs is 1. The van der Waals surface area contributed by atoms with E-state index in [1.54, 1.807) is 6.92 Å². The minimum absolute atomic E-state index is 0.142. The third-order valence-electron chi connectivity index (χ3n) is 5.09. The fourth-order valence-corrected chi connectivity index (χ4v) is 5.05. The van der Waals surface area contributed by atoms with Crippen LogP contribution in [0.4, 0.5) is 5.69 Å². The zero-order chi connectivity index (χ0) is 23.5. The van der Waals surface area contributed by atoms with Gasteiger partial charge in [-0.05, 0) is 71.3 Å². The molecule has 4 rings (SSSR count). The highest BCUT2D eigenvalue weighted by molar-refractivity contribution is 14.1. The van der Waals surface area contributed by atoms with E-state index < -0.39 is 5.97 Å². The normalized spacial score (nSPS) is 10.9. The predicted octanol–water partition coefficient (Wildman–Crippen LogP) is 4.68. The number of aryl methyl sites for hydroxylation is 2. The number of carbonyl (C=O) groups is 2. The van der Waals surface area contributed by atoms with Gasteiger partial charge in [-0.15, -0.1) is 11.3 Å². The number of nitrogens with zero attached hydrogens (tertiary/aromatic N) is 2. The number of amides is 1. The van der Waals surface area contributed by atoms with Gasteiger partial charge in [-0.2, -0.15) is 0 Å². The van der Waals surface area contributed by atoms with Gasteiger partial charge in [-0.25, -0.2) is 9.78 Å². The molecule has 7 nitrogen and oxygen atoms in total. The standard InChI is InChI=1S/C24H20IN3O4S/c1-14-10-17(25)8-9-18(14)27-19(29)11-28-13-26-22-20(23(28)30)15(2)21(33-22)24(31)32-12-16-6-4-3-5-7-16/h3-10,13H,11-12H2,1-2H3,(H,27,29). The van der Waals surface area contributed by atoms with Gasteiger partial charge in [0.1, 0.15) is 22.9 Å². The van der Waals surface area contributed by atoms with Crippen molar-refractivity contribution >= 4 is 61.7 Å². The van der Waals surface area contributed by atoms with Crippen LogP contribution in [-0.2, 0) is 22.7 Å². The van der Waals surface area contributed by atoms with E-state index in [4.69, 9.17) is 4.74 Å². The lowest BCUT2D eigenvalue weighted by atomic mass is 10.2. The first-order valence-electron chi connectivity index (χ1n) is 10.1. The van der Waals surface area contributed by atoms with Crippen molar-refractivity contribution in [3.63, 3.8) is 0 Å². The van der Waals surface area contributed by atoms with Gasteiger partial charge in [0.2, 0.25) is 5.91 Å². The van der Waals surface area contributed by atoms with Crippen molar-refractivity contribution in [2.75, 3.05) is 5.32 Å². The number of benzene rings is 2. The van der Waals surface area contributed by atoms with Gasteiger partial charge in [0.25, 0.3) is 5.56 Å². The first-order valence-corrected chi connectivity index (χ1v) is 12.0. The third-order valence-corrected chi connectivity index (χ3v) is 6.94. The number of nitrogens with one attached hydrogen (secondary N) is 1. The van der Waals surface area contributed by atoms with Crippen LogP contribution in [-0.4, -0.2) is 21.4 Å². The van der Waals surface area contributed by atoms with Crippen LogP contribution in [0, 0.1) is 17.4 Å². The Balaban J connectivity index is 1.53. The van der Waals surface area contributed by atoms with E-state index in [1.807, 2.05) is 55.5 Å². The molecule has 2 aromatic heterocycles. The SMILES string of the molecule is Cc1cc(I)ccc1NC(=O)Cn1cnc2sc(C(=O)OCc3ccccc3)c(C)c2c1=O. The number of rotatable bonds is 6. The molecule has 0 radical (unpaired) electrons. The van der Waals surface area contributed by atoms with Gasteiger partial charge in [0, 0.05) is 9.26 Å². The average molecular weight is 573 g/mol. The summed E-state index contributed by atoms with van der Waals surface area (Å²) in [7, 11) is 0. The first kappa shape index (κ1) is 23.1. The predicted molar refractivity (Wildman–Crippen MR) is 137 cm³/mol. The second-order valence-corrected chi connectivity index (χ2v) is 9.73. The Hall–Kier alpha value is -3.05. The van der Waals surface area contributed by atoms with Crippen LogP contribution in [0.3, 0.4) is 0 Å². The zero-order valence-electron chi connectivity index (χ0n) is 17.9. The number of hydrogen-bond donors (Lipinski definition) is 1. The number of thiophene rings is 1. The maximum Gasteiger partial charge on any atom is 0.349 e. The van der Waals surface area contributed by atoms with Crippen LogP contribution < -0.4 is 10.9 Å². The molecule has 33 heavy (non-hydrogen) atoms. The number of hydrogen-bond acceptors (Lipinski definition) is 6. The van der Waals surface area contributed by atoms with Crippen LogP contribution >= 0.6 is 33.9 Å². The molecule has 168 valence electrons. The number of anilines is 1. The van der Waals surface area contributed by atoms with E-state index in [1.165, 1.54) is 10.9 Å². The molecule has 2 heterocycles. The lowest BCUT2D eigenvalue weighted by molar-refractivity contribution is -0.116. The average Bonchev–Trinajstić information content (AvgIpc) is 3.14. The topological polar surface area (TPSA) is 90.3 Å². The zero-order valence-corrected chi connectivity index (χ0v) is 20.9. The molecule has 0 spiro atoms. The molecule has 0 aliphatic rings. The summed E-state index contributed by atoms with van der Waals surface area (Å²) in [5.41, 5.74) is 2.64. The van der Waals surface area contributed by atoms with Gasteiger partial charge >= 0.3 is 5.97 Å². The highest BCUT2D eigenvalue weighted by atomic mass is 127. The fraction of sp³-hybridized carbons (Fsp3) is 0.167. The molecule has 0 aliphatic heterocycles. The largest absolute Gasteiger partial charge is 0.457 e. The van der Waals surface area contributed by atoms with Gasteiger partial charge in [0.05, 0.1) is 11.7 Å². The molecule has 9 heteroatoms. The minimum atomic E-state index is -0.503. The summed E-state index contributed by atoms with van der Waals surface area (Å²) in [5.74, 6) is -0.838. The summed E-state index contributed by atoms with van der Waals surface area (Å²) in [6.07, 6.45) is 1.33. The number of aromatic nitrogens is 2. The number of esters is 1. The Kier molecular flexibility index (Phi) is 6.89. The fourth-order valence-electron chi connectivity index (χ4n) is 3.37. The molecule has 0 saturated heterocycles. The highest BCUT2D eigenvalue weighted by Gasteiger charge is 2.21. The number of ether oxygens (including phenoxy) is 1. The molecule has 1 amide bonds. The molecule has 0 aliphatic carbocycles. The van der Waals surface area contributed by atoms with Gasteiger partial charge in [0.15, 0.2) is 0 Å². The maximum absolute atomic E-state index is 13.1. The van der Waals surface area contributed by atoms with E-state index in [2.05, 4.69) is 32.9 Å². The van der Waals surface area contributed by atoms with E-state index >= 15 is 0 Å². The van der Waals surface area contributed by atoms with E-state index in [0.717, 1.165) is 26.0 Å². The van der Waals surface area contributed by atoms with Crippen LogP contribution in [0.2, 0.25) is 0 Å². The van der Waals surface area contributed by atoms with Crippen molar-refractivity contribution in [3.05, 3.63) is 90.3 Å². The highest BCUT2D eigenvalue weighted by Crippen LogP contribution is 2.27. The summed E-state index contributed by atoms with van der Waals surface area (Å²) in [4.78, 5) is 43.3. The van der Waals surface area contributed by atoms with Crippen molar-refractivity contribution in [2.24, 2.45) is 0 Å². The van der Waals surface area contributed by atoms with Crippen molar-refractivity contribution in [3.8, 4) is 0 Å². The molecule has 0 unspecified atom stereocenters. The second kappa shape index (κ2) is 9.84.